The first-order valence-electron chi connectivity index (χ1n) is 20.5. The molecule has 324 valence electrons. The minimum atomic E-state index is -4.19. The van der Waals surface area contributed by atoms with E-state index in [0.29, 0.717) is 44.0 Å². The lowest BCUT2D eigenvalue weighted by Gasteiger charge is -2.35. The Labute approximate surface area is 345 Å². The maximum atomic E-state index is 14.5. The number of H-pyrrole nitrogens is 1. The molecule has 5 N–H and O–H groups in total. The average Bonchev–Trinajstić information content (AvgIpc) is 3.72. The molecule has 17 heteroatoms. The highest BCUT2D eigenvalue weighted by atomic mass is 32.2. The van der Waals surface area contributed by atoms with Crippen molar-refractivity contribution in [1.29, 1.82) is 0 Å². The van der Waals surface area contributed by atoms with Gasteiger partial charge in [0, 0.05) is 51.8 Å². The van der Waals surface area contributed by atoms with E-state index in [0.717, 1.165) is 56.7 Å². The van der Waals surface area contributed by atoms with Crippen LogP contribution in [0.25, 0.3) is 10.8 Å². The second-order valence-corrected chi connectivity index (χ2v) is 18.0. The van der Waals surface area contributed by atoms with Crippen LogP contribution in [0.2, 0.25) is 0 Å². The molecule has 2 aromatic carbocycles. The van der Waals surface area contributed by atoms with Crippen molar-refractivity contribution in [3.05, 3.63) is 66.2 Å². The number of nitrogens with zero attached hydrogens (tertiary/aromatic N) is 2. The molecule has 1 aliphatic heterocycles. The Morgan fingerprint density at radius 3 is 2.36 bits per heavy atom. The SMILES string of the molecule is CC(=O)OCC(CS(=O)(=O)C[C@@H](Cc1cccc2ccccc12)C(=O)N[C@@H](Cc1cnc[nH]1)C(=O)N[C@@H](CC1CCCCC1)[C@@H](O)[C@@H](O)CN1CCOCC1)OC(C)=O. The molecule has 1 saturated heterocycles. The van der Waals surface area contributed by atoms with Gasteiger partial charge in [0.15, 0.2) is 9.84 Å². The van der Waals surface area contributed by atoms with Crippen LogP contribution in [0, 0.1) is 11.8 Å². The third kappa shape index (κ3) is 14.7. The summed E-state index contributed by atoms with van der Waals surface area (Å²) in [5.41, 5.74) is 1.23. The van der Waals surface area contributed by atoms with E-state index in [2.05, 4.69) is 20.6 Å². The van der Waals surface area contributed by atoms with Gasteiger partial charge in [0.2, 0.25) is 11.8 Å². The molecule has 3 aromatic rings. The summed E-state index contributed by atoms with van der Waals surface area (Å²) in [7, 11) is -4.19. The van der Waals surface area contributed by atoms with Gasteiger partial charge in [-0.15, -0.1) is 0 Å². The van der Waals surface area contributed by atoms with Crippen molar-refractivity contribution in [2.75, 3.05) is 51.0 Å². The summed E-state index contributed by atoms with van der Waals surface area (Å²) in [6, 6.07) is 11.0. The highest BCUT2D eigenvalue weighted by Crippen LogP contribution is 2.29. The van der Waals surface area contributed by atoms with Crippen LogP contribution in [0.1, 0.15) is 63.6 Å². The molecule has 2 amide bonds. The smallest absolute Gasteiger partial charge is 0.303 e. The van der Waals surface area contributed by atoms with Gasteiger partial charge >= 0.3 is 11.9 Å². The van der Waals surface area contributed by atoms with Gasteiger partial charge < -0.3 is 40.0 Å². The molecule has 6 atom stereocenters. The van der Waals surface area contributed by atoms with Gasteiger partial charge in [-0.05, 0) is 35.1 Å². The van der Waals surface area contributed by atoms with E-state index in [4.69, 9.17) is 14.2 Å². The van der Waals surface area contributed by atoms with Crippen molar-refractivity contribution in [2.45, 2.75) is 95.6 Å². The Morgan fingerprint density at radius 1 is 0.932 bits per heavy atom. The van der Waals surface area contributed by atoms with Gasteiger partial charge in [0.25, 0.3) is 0 Å². The monoisotopic (exact) mass is 841 g/mol. The first kappa shape index (κ1) is 45.7. The molecule has 1 aliphatic carbocycles. The van der Waals surface area contributed by atoms with E-state index < -0.39 is 88.0 Å². The highest BCUT2D eigenvalue weighted by molar-refractivity contribution is 7.91. The number of esters is 2. The zero-order valence-corrected chi connectivity index (χ0v) is 34.7. The zero-order chi connectivity index (χ0) is 42.4. The maximum Gasteiger partial charge on any atom is 0.303 e. The molecule has 2 heterocycles. The van der Waals surface area contributed by atoms with Crippen molar-refractivity contribution in [3.63, 3.8) is 0 Å². The maximum absolute atomic E-state index is 14.5. The summed E-state index contributed by atoms with van der Waals surface area (Å²) >= 11 is 0. The normalized spacial score (nSPS) is 18.5. The Bertz CT molecular complexity index is 1930. The Balaban J connectivity index is 1.41. The number of ether oxygens (including phenoxy) is 3. The van der Waals surface area contributed by atoms with Gasteiger partial charge in [0.05, 0.1) is 49.1 Å². The molecule has 5 rings (SSSR count). The van der Waals surface area contributed by atoms with Gasteiger partial charge in [-0.3, -0.25) is 24.1 Å². The van der Waals surface area contributed by atoms with Crippen LogP contribution in [-0.2, 0) is 56.1 Å². The van der Waals surface area contributed by atoms with Crippen LogP contribution in [-0.4, -0.2) is 139 Å². The number of aliphatic hydroxyl groups is 2. The van der Waals surface area contributed by atoms with E-state index in [1.165, 1.54) is 12.5 Å². The number of sulfone groups is 1. The fourth-order valence-electron chi connectivity index (χ4n) is 8.07. The molecule has 0 spiro atoms. The number of rotatable bonds is 21. The number of aromatic amines is 1. The molecule has 2 fully saturated rings. The third-order valence-corrected chi connectivity index (χ3v) is 12.8. The van der Waals surface area contributed by atoms with Crippen LogP contribution in [0.4, 0.5) is 0 Å². The predicted octanol–water partition coefficient (Wildman–Crippen LogP) is 1.87. The number of aromatic nitrogens is 2. The molecule has 0 bridgehead atoms. The Hall–Kier alpha value is -4.42. The van der Waals surface area contributed by atoms with Crippen LogP contribution in [0.3, 0.4) is 0 Å². The number of hydrogen-bond donors (Lipinski definition) is 5. The number of morpholine rings is 1. The van der Waals surface area contributed by atoms with E-state index >= 15 is 0 Å². The van der Waals surface area contributed by atoms with Gasteiger partial charge in [-0.1, -0.05) is 74.6 Å². The second-order valence-electron chi connectivity index (χ2n) is 15.8. The lowest BCUT2D eigenvalue weighted by atomic mass is 9.83. The first-order chi connectivity index (χ1) is 28.3. The number of fused-ring (bicyclic) bond motifs is 1. The van der Waals surface area contributed by atoms with E-state index in [-0.39, 0.29) is 25.3 Å². The van der Waals surface area contributed by atoms with Crippen LogP contribution < -0.4 is 10.6 Å². The number of benzene rings is 2. The molecule has 2 aliphatic rings. The molecule has 16 nitrogen and oxygen atoms in total. The summed E-state index contributed by atoms with van der Waals surface area (Å²) in [6.07, 6.45) is 4.55. The van der Waals surface area contributed by atoms with Crippen LogP contribution in [0.5, 0.6) is 0 Å². The largest absolute Gasteiger partial charge is 0.462 e. The predicted molar refractivity (Wildman–Crippen MR) is 219 cm³/mol. The number of hydrogen-bond acceptors (Lipinski definition) is 13. The lowest BCUT2D eigenvalue weighted by Crippen LogP contribution is -2.58. The molecule has 1 aromatic heterocycles. The number of carbonyl (C=O) groups is 4. The average molecular weight is 842 g/mol. The summed E-state index contributed by atoms with van der Waals surface area (Å²) in [6.45, 7) is 4.20. The summed E-state index contributed by atoms with van der Waals surface area (Å²) < 4.78 is 43.3. The summed E-state index contributed by atoms with van der Waals surface area (Å²) in [4.78, 5) is 61.3. The number of amides is 2. The molecular weight excluding hydrogens is 783 g/mol. The Kier molecular flexibility index (Phi) is 17.2. The van der Waals surface area contributed by atoms with Crippen molar-refractivity contribution in [3.8, 4) is 0 Å². The fourth-order valence-corrected chi connectivity index (χ4v) is 9.82. The topological polar surface area (TPSA) is 227 Å². The molecule has 1 saturated carbocycles. The third-order valence-electron chi connectivity index (χ3n) is 11.0. The van der Waals surface area contributed by atoms with E-state index in [9.17, 15) is 37.8 Å². The van der Waals surface area contributed by atoms with Gasteiger partial charge in [-0.25, -0.2) is 13.4 Å². The number of carbonyl (C=O) groups excluding carboxylic acids is 4. The summed E-state index contributed by atoms with van der Waals surface area (Å²) in [5, 5.41) is 30.4. The second kappa shape index (κ2) is 22.3. The first-order valence-corrected chi connectivity index (χ1v) is 22.3. The van der Waals surface area contributed by atoms with Gasteiger partial charge in [0.1, 0.15) is 24.9 Å². The number of β-amino-alcohol motifs (C(OH)–C–C–N with tert-alkyl or cyclic N) is 1. The van der Waals surface area contributed by atoms with Gasteiger partial charge in [-0.2, -0.15) is 0 Å². The standard InChI is InChI=1S/C42H59N5O11S/c1-28(48)57-24-35(58-29(2)49)26-59(54,55)25-33(20-32-13-8-12-31-11-6-7-14-36(31)32)41(52)46-38(21-34-22-43-27-44-34)42(53)45-37(19-30-9-4-3-5-10-30)40(51)39(50)23-47-15-17-56-18-16-47/h6-8,11-14,22,27,30,33,35,37-40,50-51H,3-5,9-10,15-21,23-26H2,1-2H3,(H,43,44)(H,45,53)(H,46,52)/t33-,35?,37+,38+,39+,40-/m1/s1. The van der Waals surface area contributed by atoms with Crippen molar-refractivity contribution < 1.29 is 52.0 Å². The lowest BCUT2D eigenvalue weighted by molar-refractivity contribution is -0.154. The number of nitrogens with one attached hydrogen (secondary N) is 3. The minimum Gasteiger partial charge on any atom is -0.462 e. The van der Waals surface area contributed by atoms with Crippen molar-refractivity contribution in [2.24, 2.45) is 11.8 Å². The van der Waals surface area contributed by atoms with E-state index in [1.54, 1.807) is 0 Å². The Morgan fingerprint density at radius 2 is 1.66 bits per heavy atom. The number of imidazole rings is 1. The molecule has 1 unspecified atom stereocenters. The molecule has 0 radical (unpaired) electrons. The quantitative estimate of drug-likeness (QED) is 0.0968. The minimum absolute atomic E-state index is 0.0241. The number of aliphatic hydroxyl groups excluding tert-OH is 2. The van der Waals surface area contributed by atoms with Crippen molar-refractivity contribution in [1.82, 2.24) is 25.5 Å². The molecule has 59 heavy (non-hydrogen) atoms. The molecular formula is C42H59N5O11S. The van der Waals surface area contributed by atoms with Crippen LogP contribution >= 0.6 is 0 Å². The van der Waals surface area contributed by atoms with E-state index in [1.807, 2.05) is 47.4 Å². The fraction of sp³-hybridized carbons (Fsp3) is 0.595. The highest BCUT2D eigenvalue weighted by Gasteiger charge is 2.36. The summed E-state index contributed by atoms with van der Waals surface area (Å²) in [5.74, 6) is -5.21. The van der Waals surface area contributed by atoms with Crippen LogP contribution in [0.15, 0.2) is 55.0 Å². The van der Waals surface area contributed by atoms with Crippen molar-refractivity contribution >= 4 is 44.4 Å². The zero-order valence-electron chi connectivity index (χ0n) is 33.9.